The summed E-state index contributed by atoms with van der Waals surface area (Å²) in [5.74, 6) is 0. The first kappa shape index (κ1) is 32.0. The summed E-state index contributed by atoms with van der Waals surface area (Å²) in [6, 6.07) is 40.6. The van der Waals surface area contributed by atoms with Gasteiger partial charge in [-0.25, -0.2) is 9.97 Å². The summed E-state index contributed by atoms with van der Waals surface area (Å²) < 4.78 is 12.3. The minimum absolute atomic E-state index is 0.343. The minimum atomic E-state index is -0.355. The number of hydrogen-bond donors (Lipinski definition) is 0. The number of hydrogen-bond acceptors (Lipinski definition) is 6. The molecule has 0 atom stereocenters. The number of pyridine rings is 4. The van der Waals surface area contributed by atoms with Crippen LogP contribution in [-0.2, 0) is 9.31 Å². The lowest BCUT2D eigenvalue weighted by Gasteiger charge is -2.32. The zero-order valence-electron chi connectivity index (χ0n) is 28.3. The van der Waals surface area contributed by atoms with Crippen molar-refractivity contribution in [1.29, 1.82) is 0 Å². The van der Waals surface area contributed by atoms with Gasteiger partial charge in [0, 0.05) is 50.1 Å². The van der Waals surface area contributed by atoms with Crippen LogP contribution >= 0.6 is 11.6 Å². The molecule has 4 aromatic carbocycles. The van der Waals surface area contributed by atoms with Crippen LogP contribution in [-0.4, -0.2) is 38.3 Å². The van der Waals surface area contributed by atoms with E-state index in [1.54, 1.807) is 6.20 Å². The van der Waals surface area contributed by atoms with E-state index >= 15 is 0 Å². The standard InChI is InChI=1S/C24H23BN2O2.C18H11ClN2/c1-23(2)24(3,4)29-25(28-23)19-12-9-16(10-13-19)20-14-11-18-8-7-17-6-5-15-26-21(17)22(18)27-20;19-15-8-5-12(6-9-15)16-10-7-14-4-3-13-2-1-11-20-17(13)18(14)21-16/h5-15H,1-4H3;1-11H. The monoisotopic (exact) mass is 672 g/mol. The van der Waals surface area contributed by atoms with E-state index < -0.39 is 0 Å². The minimum Gasteiger partial charge on any atom is -0.399 e. The fourth-order valence-corrected chi connectivity index (χ4v) is 6.31. The Morgan fingerprint density at radius 3 is 1.34 bits per heavy atom. The third-order valence-electron chi connectivity index (χ3n) is 9.74. The van der Waals surface area contributed by atoms with Gasteiger partial charge in [0.25, 0.3) is 0 Å². The maximum Gasteiger partial charge on any atom is 0.494 e. The molecule has 244 valence electrons. The predicted octanol–water partition coefficient (Wildman–Crippen LogP) is 9.85. The van der Waals surface area contributed by atoms with Crippen LogP contribution in [0.15, 0.2) is 134 Å². The zero-order valence-corrected chi connectivity index (χ0v) is 29.0. The van der Waals surface area contributed by atoms with Gasteiger partial charge in [0.05, 0.1) is 44.7 Å². The maximum atomic E-state index is 6.16. The summed E-state index contributed by atoms with van der Waals surface area (Å²) in [4.78, 5) is 18.7. The average molecular weight is 673 g/mol. The van der Waals surface area contributed by atoms with Crippen LogP contribution in [0.25, 0.3) is 66.1 Å². The van der Waals surface area contributed by atoms with Gasteiger partial charge in [-0.15, -0.1) is 0 Å². The van der Waals surface area contributed by atoms with Gasteiger partial charge in [0.1, 0.15) is 0 Å². The van der Waals surface area contributed by atoms with Crippen LogP contribution in [0.4, 0.5) is 0 Å². The quantitative estimate of drug-likeness (QED) is 0.137. The van der Waals surface area contributed by atoms with Gasteiger partial charge in [-0.1, -0.05) is 96.5 Å². The highest BCUT2D eigenvalue weighted by atomic mass is 35.5. The van der Waals surface area contributed by atoms with Crippen LogP contribution in [0, 0.1) is 0 Å². The number of rotatable bonds is 3. The molecule has 0 saturated carbocycles. The summed E-state index contributed by atoms with van der Waals surface area (Å²) in [5, 5.41) is 5.12. The topological polar surface area (TPSA) is 70.0 Å². The molecule has 8 heteroatoms. The molecule has 1 aliphatic heterocycles. The molecule has 0 bridgehead atoms. The largest absolute Gasteiger partial charge is 0.494 e. The van der Waals surface area contributed by atoms with Crippen molar-refractivity contribution in [3.63, 3.8) is 0 Å². The van der Waals surface area contributed by atoms with Crippen LogP contribution in [0.2, 0.25) is 5.02 Å². The summed E-state index contributed by atoms with van der Waals surface area (Å²) >= 11 is 5.94. The lowest BCUT2D eigenvalue weighted by Crippen LogP contribution is -2.41. The summed E-state index contributed by atoms with van der Waals surface area (Å²) in [7, 11) is -0.355. The van der Waals surface area contributed by atoms with Crippen molar-refractivity contribution >= 4 is 67.8 Å². The molecule has 0 amide bonds. The second-order valence-electron chi connectivity index (χ2n) is 13.5. The molecule has 1 aliphatic rings. The fraction of sp³-hybridized carbons (Fsp3) is 0.143. The Bertz CT molecular complexity index is 2510. The first-order valence-corrected chi connectivity index (χ1v) is 17.0. The average Bonchev–Trinajstić information content (AvgIpc) is 3.37. The number of benzene rings is 4. The molecule has 8 aromatic rings. The highest BCUT2D eigenvalue weighted by Crippen LogP contribution is 2.36. The molecule has 50 heavy (non-hydrogen) atoms. The SMILES string of the molecule is CC1(C)OB(c2ccc(-c3ccc4ccc5cccnc5c4n3)cc2)OC1(C)C.Clc1ccc(-c2ccc3ccc4cccnc4c3n2)cc1. The number of aromatic nitrogens is 4. The smallest absolute Gasteiger partial charge is 0.399 e. The van der Waals surface area contributed by atoms with Gasteiger partial charge in [0.15, 0.2) is 0 Å². The highest BCUT2D eigenvalue weighted by Gasteiger charge is 2.51. The van der Waals surface area contributed by atoms with E-state index in [4.69, 9.17) is 30.9 Å². The van der Waals surface area contributed by atoms with Crippen molar-refractivity contribution in [3.8, 4) is 22.5 Å². The predicted molar refractivity (Wildman–Crippen MR) is 206 cm³/mol. The number of fused-ring (bicyclic) bond motifs is 6. The Labute approximate surface area is 296 Å². The lowest BCUT2D eigenvalue weighted by atomic mass is 9.79. The molecule has 1 saturated heterocycles. The van der Waals surface area contributed by atoms with Crippen LogP contribution in [0.3, 0.4) is 0 Å². The zero-order chi connectivity index (χ0) is 34.5. The lowest BCUT2D eigenvalue weighted by molar-refractivity contribution is 0.00578. The van der Waals surface area contributed by atoms with Crippen molar-refractivity contribution in [3.05, 3.63) is 139 Å². The Kier molecular flexibility index (Phi) is 8.07. The van der Waals surface area contributed by atoms with Crippen LogP contribution in [0.5, 0.6) is 0 Å². The molecule has 4 aromatic heterocycles. The molecule has 0 N–H and O–H groups in total. The van der Waals surface area contributed by atoms with Crippen molar-refractivity contribution in [2.45, 2.75) is 38.9 Å². The molecule has 9 rings (SSSR count). The third-order valence-corrected chi connectivity index (χ3v) is 9.99. The van der Waals surface area contributed by atoms with Gasteiger partial charge in [-0.05, 0) is 69.6 Å². The molecule has 0 radical (unpaired) electrons. The molecule has 0 aliphatic carbocycles. The van der Waals surface area contributed by atoms with E-state index in [-0.39, 0.29) is 18.3 Å². The summed E-state index contributed by atoms with van der Waals surface area (Å²) in [6.07, 6.45) is 3.62. The highest BCUT2D eigenvalue weighted by molar-refractivity contribution is 6.62. The van der Waals surface area contributed by atoms with Gasteiger partial charge in [-0.3, -0.25) is 9.97 Å². The molecule has 5 heterocycles. The van der Waals surface area contributed by atoms with Crippen LogP contribution < -0.4 is 5.46 Å². The first-order valence-electron chi connectivity index (χ1n) is 16.7. The molecule has 6 nitrogen and oxygen atoms in total. The maximum absolute atomic E-state index is 6.16. The summed E-state index contributed by atoms with van der Waals surface area (Å²) in [5.41, 5.74) is 8.01. The van der Waals surface area contributed by atoms with Crippen molar-refractivity contribution in [2.24, 2.45) is 0 Å². The van der Waals surface area contributed by atoms with Gasteiger partial charge in [0.2, 0.25) is 0 Å². The van der Waals surface area contributed by atoms with E-state index in [0.29, 0.717) is 0 Å². The second kappa shape index (κ2) is 12.6. The first-order chi connectivity index (χ1) is 24.1. The summed E-state index contributed by atoms with van der Waals surface area (Å²) in [6.45, 7) is 8.27. The third kappa shape index (κ3) is 5.98. The second-order valence-corrected chi connectivity index (χ2v) is 14.0. The Morgan fingerprint density at radius 2 is 0.880 bits per heavy atom. The van der Waals surface area contributed by atoms with Gasteiger partial charge < -0.3 is 9.31 Å². The Balaban J connectivity index is 0.000000152. The number of nitrogens with zero attached hydrogens (tertiary/aromatic N) is 4. The Hall–Kier alpha value is -5.21. The van der Waals surface area contributed by atoms with E-state index in [0.717, 1.165) is 76.6 Å². The Morgan fingerprint density at radius 1 is 0.480 bits per heavy atom. The van der Waals surface area contributed by atoms with E-state index in [1.165, 1.54) is 0 Å². The molecular formula is C42H34BClN4O2. The molecule has 1 fully saturated rings. The molecule has 0 spiro atoms. The van der Waals surface area contributed by atoms with Crippen molar-refractivity contribution in [2.75, 3.05) is 0 Å². The van der Waals surface area contributed by atoms with E-state index in [2.05, 4.69) is 117 Å². The fourth-order valence-electron chi connectivity index (χ4n) is 6.18. The molecular weight excluding hydrogens is 639 g/mol. The van der Waals surface area contributed by atoms with Crippen LogP contribution in [0.1, 0.15) is 27.7 Å². The molecule has 0 unspecified atom stereocenters. The number of halogens is 1. The normalized spacial score (nSPS) is 15.0. The van der Waals surface area contributed by atoms with Gasteiger partial charge in [-0.2, -0.15) is 0 Å². The van der Waals surface area contributed by atoms with Crippen molar-refractivity contribution in [1.82, 2.24) is 19.9 Å². The van der Waals surface area contributed by atoms with Crippen molar-refractivity contribution < 1.29 is 9.31 Å². The van der Waals surface area contributed by atoms with E-state index in [9.17, 15) is 0 Å². The van der Waals surface area contributed by atoms with Gasteiger partial charge >= 0.3 is 7.12 Å². The van der Waals surface area contributed by atoms with E-state index in [1.807, 2.05) is 48.7 Å².